The largest absolute Gasteiger partial charge is 0.370 e. The molecule has 3 rings (SSSR count). The summed E-state index contributed by atoms with van der Waals surface area (Å²) in [7, 11) is 0. The van der Waals surface area contributed by atoms with Crippen molar-refractivity contribution in [3.05, 3.63) is 83.9 Å². The molecule has 0 saturated carbocycles. The van der Waals surface area contributed by atoms with Crippen molar-refractivity contribution < 1.29 is 4.74 Å². The molecule has 2 aromatic rings. The van der Waals surface area contributed by atoms with Crippen LogP contribution in [-0.4, -0.2) is 12.2 Å². The van der Waals surface area contributed by atoms with Gasteiger partial charge in [0, 0.05) is 6.42 Å². The molecule has 0 unspecified atom stereocenters. The standard InChI is InChI=1S/C19H20O/c1-3-8-16(9-4-1)14-18-12-7-13-19(20-18)15-17-10-5-2-6-11-17/h1-12,18-19H,13-15H2/t18-,19+/m1/s1. The zero-order chi connectivity index (χ0) is 13.6. The number of hydrogen-bond donors (Lipinski definition) is 0. The fraction of sp³-hybridized carbons (Fsp3) is 0.263. The third kappa shape index (κ3) is 3.58. The van der Waals surface area contributed by atoms with Crippen molar-refractivity contribution in [2.75, 3.05) is 0 Å². The van der Waals surface area contributed by atoms with Crippen LogP contribution in [0.5, 0.6) is 0 Å². The maximum absolute atomic E-state index is 6.21. The molecule has 1 aliphatic heterocycles. The zero-order valence-electron chi connectivity index (χ0n) is 11.6. The van der Waals surface area contributed by atoms with Crippen LogP contribution in [0.15, 0.2) is 72.8 Å². The van der Waals surface area contributed by atoms with E-state index in [1.54, 1.807) is 0 Å². The van der Waals surface area contributed by atoms with Gasteiger partial charge in [-0.15, -0.1) is 0 Å². The molecule has 2 aromatic carbocycles. The lowest BCUT2D eigenvalue weighted by atomic mass is 10.0. The minimum absolute atomic E-state index is 0.208. The van der Waals surface area contributed by atoms with Gasteiger partial charge >= 0.3 is 0 Å². The van der Waals surface area contributed by atoms with Gasteiger partial charge in [-0.05, 0) is 24.0 Å². The van der Waals surface area contributed by atoms with Gasteiger partial charge in [0.1, 0.15) is 0 Å². The van der Waals surface area contributed by atoms with Crippen molar-refractivity contribution >= 4 is 0 Å². The molecule has 0 aromatic heterocycles. The third-order valence-electron chi connectivity index (χ3n) is 3.70. The lowest BCUT2D eigenvalue weighted by Crippen LogP contribution is -2.27. The highest BCUT2D eigenvalue weighted by Gasteiger charge is 2.18. The van der Waals surface area contributed by atoms with Crippen molar-refractivity contribution in [2.45, 2.75) is 31.5 Å². The monoisotopic (exact) mass is 264 g/mol. The molecule has 0 fully saturated rings. The van der Waals surface area contributed by atoms with Crippen molar-refractivity contribution in [2.24, 2.45) is 0 Å². The van der Waals surface area contributed by atoms with Crippen LogP contribution in [0.2, 0.25) is 0 Å². The van der Waals surface area contributed by atoms with Crippen molar-refractivity contribution in [3.8, 4) is 0 Å². The summed E-state index contributed by atoms with van der Waals surface area (Å²) in [5.41, 5.74) is 2.69. The minimum atomic E-state index is 0.208. The summed E-state index contributed by atoms with van der Waals surface area (Å²) in [6.45, 7) is 0. The normalized spacial score (nSPS) is 21.8. The Morgan fingerprint density at radius 1 is 0.800 bits per heavy atom. The van der Waals surface area contributed by atoms with Gasteiger partial charge in [0.05, 0.1) is 12.2 Å². The Kier molecular flexibility index (Phi) is 4.29. The number of benzene rings is 2. The first-order valence-corrected chi connectivity index (χ1v) is 7.30. The minimum Gasteiger partial charge on any atom is -0.370 e. The van der Waals surface area contributed by atoms with Crippen molar-refractivity contribution in [1.82, 2.24) is 0 Å². The maximum Gasteiger partial charge on any atom is 0.0800 e. The second kappa shape index (κ2) is 6.53. The van der Waals surface area contributed by atoms with Crippen molar-refractivity contribution in [1.29, 1.82) is 0 Å². The lowest BCUT2D eigenvalue weighted by Gasteiger charge is -2.26. The molecule has 1 heterocycles. The Morgan fingerprint density at radius 3 is 2.05 bits per heavy atom. The summed E-state index contributed by atoms with van der Waals surface area (Å²) >= 11 is 0. The lowest BCUT2D eigenvalue weighted by molar-refractivity contribution is 0.00727. The highest BCUT2D eigenvalue weighted by Crippen LogP contribution is 2.19. The summed E-state index contributed by atoms with van der Waals surface area (Å²) in [4.78, 5) is 0. The molecule has 0 N–H and O–H groups in total. The molecule has 1 nitrogen and oxygen atoms in total. The van der Waals surface area contributed by atoms with Crippen LogP contribution in [0.1, 0.15) is 17.5 Å². The Morgan fingerprint density at radius 2 is 1.40 bits per heavy atom. The Hall–Kier alpha value is -1.86. The van der Waals surface area contributed by atoms with Gasteiger partial charge in [0.15, 0.2) is 0 Å². The second-order valence-corrected chi connectivity index (χ2v) is 5.34. The number of rotatable bonds is 4. The molecule has 0 radical (unpaired) electrons. The summed E-state index contributed by atoms with van der Waals surface area (Å²) < 4.78 is 6.21. The molecular formula is C19H20O. The topological polar surface area (TPSA) is 9.23 Å². The van der Waals surface area contributed by atoms with E-state index in [-0.39, 0.29) is 6.10 Å². The van der Waals surface area contributed by atoms with Crippen LogP contribution in [-0.2, 0) is 17.6 Å². The Balaban J connectivity index is 1.59. The van der Waals surface area contributed by atoms with Crippen molar-refractivity contribution in [3.63, 3.8) is 0 Å². The summed E-state index contributed by atoms with van der Waals surface area (Å²) in [5, 5.41) is 0. The highest BCUT2D eigenvalue weighted by atomic mass is 16.5. The number of hydrogen-bond acceptors (Lipinski definition) is 1. The van der Waals surface area contributed by atoms with Gasteiger partial charge in [-0.3, -0.25) is 0 Å². The van der Waals surface area contributed by atoms with Crippen LogP contribution < -0.4 is 0 Å². The molecule has 1 heteroatoms. The van der Waals surface area contributed by atoms with Gasteiger partial charge in [0.2, 0.25) is 0 Å². The number of ether oxygens (including phenoxy) is 1. The van der Waals surface area contributed by atoms with Crippen LogP contribution in [0, 0.1) is 0 Å². The highest BCUT2D eigenvalue weighted by molar-refractivity contribution is 5.19. The first-order valence-electron chi connectivity index (χ1n) is 7.30. The zero-order valence-corrected chi connectivity index (χ0v) is 11.6. The van der Waals surface area contributed by atoms with Gasteiger partial charge < -0.3 is 4.74 Å². The third-order valence-corrected chi connectivity index (χ3v) is 3.70. The average Bonchev–Trinajstić information content (AvgIpc) is 2.50. The van der Waals surface area contributed by atoms with Crippen LogP contribution >= 0.6 is 0 Å². The van der Waals surface area contributed by atoms with Crippen LogP contribution in [0.25, 0.3) is 0 Å². The molecular weight excluding hydrogens is 244 g/mol. The Labute approximate surface area is 120 Å². The molecule has 0 bridgehead atoms. The molecule has 0 aliphatic carbocycles. The van der Waals surface area contributed by atoms with Crippen LogP contribution in [0.3, 0.4) is 0 Å². The summed E-state index contributed by atoms with van der Waals surface area (Å²) in [5.74, 6) is 0. The van der Waals surface area contributed by atoms with E-state index in [1.807, 2.05) is 0 Å². The fourth-order valence-electron chi connectivity index (χ4n) is 2.70. The fourth-order valence-corrected chi connectivity index (χ4v) is 2.70. The molecule has 102 valence electrons. The predicted octanol–water partition coefficient (Wildman–Crippen LogP) is 4.19. The van der Waals surface area contributed by atoms with E-state index in [1.165, 1.54) is 11.1 Å². The van der Waals surface area contributed by atoms with Gasteiger partial charge in [-0.1, -0.05) is 72.8 Å². The van der Waals surface area contributed by atoms with Gasteiger partial charge in [0.25, 0.3) is 0 Å². The molecule has 0 spiro atoms. The SMILES string of the molecule is C1=C[C@H](Cc2ccccc2)O[C@H](Cc2ccccc2)C1. The van der Waals surface area contributed by atoms with E-state index in [9.17, 15) is 0 Å². The molecule has 0 amide bonds. The molecule has 0 saturated heterocycles. The maximum atomic E-state index is 6.21. The average molecular weight is 264 g/mol. The van der Waals surface area contributed by atoms with E-state index in [0.717, 1.165) is 19.3 Å². The van der Waals surface area contributed by atoms with E-state index in [0.29, 0.717) is 6.10 Å². The van der Waals surface area contributed by atoms with Gasteiger partial charge in [-0.25, -0.2) is 0 Å². The van der Waals surface area contributed by atoms with E-state index >= 15 is 0 Å². The first kappa shape index (κ1) is 13.1. The molecule has 1 aliphatic rings. The summed E-state index contributed by atoms with van der Waals surface area (Å²) in [6, 6.07) is 21.2. The van der Waals surface area contributed by atoms with Gasteiger partial charge in [-0.2, -0.15) is 0 Å². The molecule has 2 atom stereocenters. The first-order chi connectivity index (χ1) is 9.90. The van der Waals surface area contributed by atoms with Crippen LogP contribution in [0.4, 0.5) is 0 Å². The van der Waals surface area contributed by atoms with E-state index in [4.69, 9.17) is 4.74 Å². The summed E-state index contributed by atoms with van der Waals surface area (Å²) in [6.07, 6.45) is 7.95. The molecule has 20 heavy (non-hydrogen) atoms. The second-order valence-electron chi connectivity index (χ2n) is 5.34. The Bertz CT molecular complexity index is 544. The quantitative estimate of drug-likeness (QED) is 0.753. The smallest absolute Gasteiger partial charge is 0.0800 e. The van der Waals surface area contributed by atoms with E-state index < -0.39 is 0 Å². The van der Waals surface area contributed by atoms with E-state index in [2.05, 4.69) is 72.8 Å². The predicted molar refractivity (Wildman–Crippen MR) is 82.7 cm³/mol.